The second kappa shape index (κ2) is 8.49. The minimum atomic E-state index is 0. The first kappa shape index (κ1) is 17.4. The lowest BCUT2D eigenvalue weighted by molar-refractivity contribution is -0.923. The summed E-state index contributed by atoms with van der Waals surface area (Å²) in [7, 11) is 0. The quantitative estimate of drug-likeness (QED) is 0.652. The van der Waals surface area contributed by atoms with E-state index in [2.05, 4.69) is 51.6 Å². The first-order valence-corrected chi connectivity index (χ1v) is 6.76. The van der Waals surface area contributed by atoms with Crippen molar-refractivity contribution in [2.75, 3.05) is 26.2 Å². The third-order valence-electron chi connectivity index (χ3n) is 4.10. The number of likely N-dealkylation sites (N-methyl/N-ethyl adjacent to an activating group) is 1. The van der Waals surface area contributed by atoms with Gasteiger partial charge < -0.3 is 21.5 Å². The highest BCUT2D eigenvalue weighted by Crippen LogP contribution is 2.11. The number of rotatable bonds is 7. The van der Waals surface area contributed by atoms with Gasteiger partial charge >= 0.3 is 0 Å². The van der Waals surface area contributed by atoms with Gasteiger partial charge in [-0.05, 0) is 31.9 Å². The Labute approximate surface area is 123 Å². The number of hydrogen-bond acceptors (Lipinski definition) is 0. The van der Waals surface area contributed by atoms with Crippen LogP contribution in [-0.2, 0) is 6.42 Å². The third-order valence-corrected chi connectivity index (χ3v) is 4.10. The van der Waals surface area contributed by atoms with E-state index in [4.69, 9.17) is 0 Å². The van der Waals surface area contributed by atoms with Crippen LogP contribution in [0.15, 0.2) is 30.8 Å². The van der Waals surface area contributed by atoms with E-state index in [1.54, 1.807) is 0 Å². The van der Waals surface area contributed by atoms with Crippen LogP contribution in [0, 0.1) is 0 Å². The summed E-state index contributed by atoms with van der Waals surface area (Å²) in [5.41, 5.74) is 2.64. The smallest absolute Gasteiger partial charge is 0.0827 e. The Balaban J connectivity index is 0.00000289. The molecule has 0 radical (unpaired) electrons. The first-order valence-electron chi connectivity index (χ1n) is 6.76. The second-order valence-corrected chi connectivity index (χ2v) is 4.71. The van der Waals surface area contributed by atoms with Crippen molar-refractivity contribution in [3.8, 4) is 0 Å². The molecule has 2 heteroatoms. The normalized spacial score (nSPS) is 10.8. The number of quaternary nitrogens is 1. The maximum atomic E-state index is 3.78. The monoisotopic (exact) mass is 311 g/mol. The van der Waals surface area contributed by atoms with Crippen molar-refractivity contribution in [2.24, 2.45) is 0 Å². The van der Waals surface area contributed by atoms with Crippen LogP contribution in [-0.4, -0.2) is 30.7 Å². The van der Waals surface area contributed by atoms with Crippen molar-refractivity contribution in [3.05, 3.63) is 42.0 Å². The molecule has 1 nitrogen and oxygen atoms in total. The highest BCUT2D eigenvalue weighted by molar-refractivity contribution is 5.47. The van der Waals surface area contributed by atoms with Crippen molar-refractivity contribution >= 4 is 6.08 Å². The van der Waals surface area contributed by atoms with Crippen molar-refractivity contribution in [3.63, 3.8) is 0 Å². The van der Waals surface area contributed by atoms with E-state index in [1.165, 1.54) is 48.2 Å². The number of benzene rings is 1. The van der Waals surface area contributed by atoms with Crippen molar-refractivity contribution in [2.45, 2.75) is 27.2 Å². The van der Waals surface area contributed by atoms with Gasteiger partial charge in [0.2, 0.25) is 0 Å². The Hall–Kier alpha value is -0.600. The van der Waals surface area contributed by atoms with E-state index in [0.717, 1.165) is 0 Å². The molecule has 1 rings (SSSR count). The molecule has 1 aromatic rings. The van der Waals surface area contributed by atoms with E-state index < -0.39 is 0 Å². The molecular formula is C16H26BrN. The molecule has 102 valence electrons. The Kier molecular flexibility index (Phi) is 8.21. The lowest BCUT2D eigenvalue weighted by Gasteiger charge is -2.35. The molecule has 0 aromatic heterocycles. The molecule has 0 heterocycles. The van der Waals surface area contributed by atoms with E-state index in [0.29, 0.717) is 0 Å². The minimum absolute atomic E-state index is 0. The van der Waals surface area contributed by atoms with Crippen molar-refractivity contribution in [1.82, 2.24) is 0 Å². The maximum Gasteiger partial charge on any atom is 0.0827 e. The number of nitrogens with zero attached hydrogens (tertiary/aromatic N) is 1. The van der Waals surface area contributed by atoms with Crippen LogP contribution in [0.1, 0.15) is 31.9 Å². The Bertz CT molecular complexity index is 330. The highest BCUT2D eigenvalue weighted by atomic mass is 79.9. The Morgan fingerprint density at radius 3 is 1.89 bits per heavy atom. The predicted octanol–water partition coefficient (Wildman–Crippen LogP) is 0.753. The van der Waals surface area contributed by atoms with Crippen LogP contribution >= 0.6 is 0 Å². The average molecular weight is 312 g/mol. The van der Waals surface area contributed by atoms with Crippen molar-refractivity contribution < 1.29 is 21.5 Å². The molecular weight excluding hydrogens is 286 g/mol. The van der Waals surface area contributed by atoms with Gasteiger partial charge in [0, 0.05) is 6.42 Å². The summed E-state index contributed by atoms with van der Waals surface area (Å²) in [6, 6.07) is 8.76. The summed E-state index contributed by atoms with van der Waals surface area (Å²) >= 11 is 0. The second-order valence-electron chi connectivity index (χ2n) is 4.71. The molecule has 0 aliphatic heterocycles. The lowest BCUT2D eigenvalue weighted by atomic mass is 10.1. The summed E-state index contributed by atoms with van der Waals surface area (Å²) in [4.78, 5) is 0. The summed E-state index contributed by atoms with van der Waals surface area (Å²) in [6.45, 7) is 15.6. The van der Waals surface area contributed by atoms with Crippen LogP contribution in [0.4, 0.5) is 0 Å². The standard InChI is InChI=1S/C16H26N.BrH/c1-5-15-9-11-16(12-10-15)13-14-17(6-2,7-3)8-4;/h5,9-12H,1,6-8,13-14H2,2-4H3;1H/q+1;/p-1. The molecule has 0 unspecified atom stereocenters. The van der Waals surface area contributed by atoms with Gasteiger partial charge in [-0.1, -0.05) is 36.9 Å². The zero-order chi connectivity index (χ0) is 12.7. The SMILES string of the molecule is C=Cc1ccc(CC[N+](CC)(CC)CC)cc1.[Br-]. The molecule has 0 aliphatic rings. The van der Waals surface area contributed by atoms with E-state index in [-0.39, 0.29) is 17.0 Å². The van der Waals surface area contributed by atoms with E-state index in [1.807, 2.05) is 6.08 Å². The third kappa shape index (κ3) is 4.58. The lowest BCUT2D eigenvalue weighted by Crippen LogP contribution is -3.00. The van der Waals surface area contributed by atoms with Crippen LogP contribution < -0.4 is 17.0 Å². The molecule has 0 N–H and O–H groups in total. The summed E-state index contributed by atoms with van der Waals surface area (Å²) in [6.07, 6.45) is 3.07. The summed E-state index contributed by atoms with van der Waals surface area (Å²) in [5, 5.41) is 0. The van der Waals surface area contributed by atoms with Crippen LogP contribution in [0.3, 0.4) is 0 Å². The highest BCUT2D eigenvalue weighted by Gasteiger charge is 2.19. The summed E-state index contributed by atoms with van der Waals surface area (Å²) < 4.78 is 1.23. The van der Waals surface area contributed by atoms with Gasteiger partial charge in [0.25, 0.3) is 0 Å². The molecule has 1 aromatic carbocycles. The zero-order valence-corrected chi connectivity index (χ0v) is 13.5. The van der Waals surface area contributed by atoms with Crippen LogP contribution in [0.25, 0.3) is 6.08 Å². The average Bonchev–Trinajstić information content (AvgIpc) is 2.41. The van der Waals surface area contributed by atoms with Crippen LogP contribution in [0.5, 0.6) is 0 Å². The number of halogens is 1. The molecule has 0 spiro atoms. The van der Waals surface area contributed by atoms with Crippen LogP contribution in [0.2, 0.25) is 0 Å². The van der Waals surface area contributed by atoms with Gasteiger partial charge in [-0.2, -0.15) is 0 Å². The van der Waals surface area contributed by atoms with E-state index in [9.17, 15) is 0 Å². The van der Waals surface area contributed by atoms with Gasteiger partial charge in [0.15, 0.2) is 0 Å². The van der Waals surface area contributed by atoms with E-state index >= 15 is 0 Å². The summed E-state index contributed by atoms with van der Waals surface area (Å²) in [5.74, 6) is 0. The maximum absolute atomic E-state index is 3.78. The molecule has 0 atom stereocenters. The van der Waals surface area contributed by atoms with Gasteiger partial charge in [0.05, 0.1) is 26.2 Å². The number of hydrogen-bond donors (Lipinski definition) is 0. The predicted molar refractivity (Wildman–Crippen MR) is 77.0 cm³/mol. The first-order chi connectivity index (χ1) is 8.19. The van der Waals surface area contributed by atoms with Gasteiger partial charge in [-0.25, -0.2) is 0 Å². The van der Waals surface area contributed by atoms with Gasteiger partial charge in [0.1, 0.15) is 0 Å². The molecule has 0 bridgehead atoms. The fourth-order valence-corrected chi connectivity index (χ4v) is 2.33. The topological polar surface area (TPSA) is 0 Å². The fourth-order valence-electron chi connectivity index (χ4n) is 2.33. The largest absolute Gasteiger partial charge is 1.00 e. The van der Waals surface area contributed by atoms with Crippen molar-refractivity contribution in [1.29, 1.82) is 0 Å². The fraction of sp³-hybridized carbons (Fsp3) is 0.500. The molecule has 0 saturated heterocycles. The Morgan fingerprint density at radius 2 is 1.50 bits per heavy atom. The van der Waals surface area contributed by atoms with Gasteiger partial charge in [-0.15, -0.1) is 0 Å². The minimum Gasteiger partial charge on any atom is -1.00 e. The zero-order valence-electron chi connectivity index (χ0n) is 12.0. The molecule has 0 saturated carbocycles. The molecule has 0 aliphatic carbocycles. The Morgan fingerprint density at radius 1 is 1.00 bits per heavy atom. The molecule has 18 heavy (non-hydrogen) atoms. The molecule has 0 fully saturated rings. The van der Waals surface area contributed by atoms with Gasteiger partial charge in [-0.3, -0.25) is 0 Å². The molecule has 0 amide bonds.